The van der Waals surface area contributed by atoms with Crippen molar-refractivity contribution in [1.82, 2.24) is 4.98 Å². The van der Waals surface area contributed by atoms with Gasteiger partial charge < -0.3 is 9.52 Å². The fourth-order valence-corrected chi connectivity index (χ4v) is 7.10. The number of aliphatic hydroxyl groups excluding tert-OH is 1. The van der Waals surface area contributed by atoms with Crippen molar-refractivity contribution in [2.75, 3.05) is 0 Å². The standard InChI is InChI=1S/C33H30NO.C13H24O2.Ir/c1-20(2)17-22-12-10-15-26-29-30(34-28-16-9-8-14-25(28)32(29)35-31(22)26)23-18-21-11-6-7-13-24(21)27(19-23)33(3,4)5;1-5-10(6-2)12(14)9-13(15)11(7-3)8-4;/h6-16,19-20H,17H2,1-5H3;9-11,14H,5-8H2,1-4H3;/q-1;;/b;12-9-;. The maximum Gasteiger partial charge on any atom is 0.162 e. The van der Waals surface area contributed by atoms with E-state index in [0.29, 0.717) is 5.92 Å². The first-order valence-corrected chi connectivity index (χ1v) is 18.5. The molecule has 0 spiro atoms. The van der Waals surface area contributed by atoms with Crippen molar-refractivity contribution in [2.45, 2.75) is 99.8 Å². The summed E-state index contributed by atoms with van der Waals surface area (Å²) in [6.07, 6.45) is 5.89. The molecule has 51 heavy (non-hydrogen) atoms. The topological polar surface area (TPSA) is 63.3 Å². The SMILES string of the molecule is CC(C)Cc1cccc2c1oc1c3ccccc3nc(-c3[c-]c4ccccc4c(C(C)(C)C)c3)c21.CCC(CC)C(=O)/C=C(\O)C(CC)CC.[Ir]. The van der Waals surface area contributed by atoms with E-state index < -0.39 is 0 Å². The number of nitrogens with zero attached hydrogens (tertiary/aromatic N) is 1. The quantitative estimate of drug-likeness (QED) is 0.0847. The normalized spacial score (nSPS) is 12.3. The van der Waals surface area contributed by atoms with E-state index in [9.17, 15) is 9.90 Å². The van der Waals surface area contributed by atoms with Crippen LogP contribution in [0.3, 0.4) is 0 Å². The van der Waals surface area contributed by atoms with Gasteiger partial charge in [0.05, 0.1) is 11.3 Å². The van der Waals surface area contributed by atoms with E-state index in [1.54, 1.807) is 0 Å². The van der Waals surface area contributed by atoms with Crippen molar-refractivity contribution in [3.8, 4) is 11.3 Å². The van der Waals surface area contributed by atoms with Gasteiger partial charge in [0.1, 0.15) is 11.2 Å². The molecular formula is C46H54IrNO3-. The summed E-state index contributed by atoms with van der Waals surface area (Å²) >= 11 is 0. The maximum atomic E-state index is 11.7. The molecule has 2 aromatic heterocycles. The molecular weight excluding hydrogens is 807 g/mol. The molecule has 6 rings (SSSR count). The third-order valence-corrected chi connectivity index (χ3v) is 9.96. The summed E-state index contributed by atoms with van der Waals surface area (Å²) in [4.78, 5) is 16.9. The smallest absolute Gasteiger partial charge is 0.162 e. The van der Waals surface area contributed by atoms with Crippen LogP contribution in [0.4, 0.5) is 0 Å². The van der Waals surface area contributed by atoms with Gasteiger partial charge in [-0.1, -0.05) is 122 Å². The van der Waals surface area contributed by atoms with Crippen LogP contribution >= 0.6 is 0 Å². The van der Waals surface area contributed by atoms with Crippen LogP contribution in [-0.4, -0.2) is 15.9 Å². The summed E-state index contributed by atoms with van der Waals surface area (Å²) in [7, 11) is 0. The van der Waals surface area contributed by atoms with E-state index in [-0.39, 0.29) is 48.9 Å². The molecule has 0 aliphatic rings. The monoisotopic (exact) mass is 861 g/mol. The first kappa shape index (κ1) is 40.0. The number of fused-ring (bicyclic) bond motifs is 6. The molecule has 1 N–H and O–H groups in total. The van der Waals surface area contributed by atoms with Gasteiger partial charge in [-0.25, -0.2) is 0 Å². The van der Waals surface area contributed by atoms with Crippen LogP contribution in [0.2, 0.25) is 0 Å². The Kier molecular flexibility index (Phi) is 13.4. The Morgan fingerprint density at radius 2 is 1.43 bits per heavy atom. The van der Waals surface area contributed by atoms with E-state index in [0.717, 1.165) is 81.6 Å². The molecule has 4 aromatic carbocycles. The van der Waals surface area contributed by atoms with Crippen LogP contribution in [0.15, 0.2) is 89.0 Å². The first-order chi connectivity index (χ1) is 23.9. The Balaban J connectivity index is 0.000000312. The van der Waals surface area contributed by atoms with Crippen LogP contribution in [-0.2, 0) is 36.7 Å². The second kappa shape index (κ2) is 17.2. The minimum absolute atomic E-state index is 0. The van der Waals surface area contributed by atoms with E-state index in [1.807, 2.05) is 33.8 Å². The van der Waals surface area contributed by atoms with Crippen molar-refractivity contribution in [3.63, 3.8) is 0 Å². The number of ketones is 1. The molecule has 0 bridgehead atoms. The van der Waals surface area contributed by atoms with Gasteiger partial charge in [0.2, 0.25) is 0 Å². The number of para-hydroxylation sites is 2. The molecule has 1 radical (unpaired) electrons. The summed E-state index contributed by atoms with van der Waals surface area (Å²) in [6.45, 7) is 19.4. The molecule has 0 amide bonds. The third kappa shape index (κ3) is 8.65. The van der Waals surface area contributed by atoms with Crippen molar-refractivity contribution >= 4 is 49.4 Å². The van der Waals surface area contributed by atoms with Gasteiger partial charge >= 0.3 is 0 Å². The second-order valence-corrected chi connectivity index (χ2v) is 15.1. The van der Waals surface area contributed by atoms with Gasteiger partial charge in [-0.2, -0.15) is 0 Å². The summed E-state index contributed by atoms with van der Waals surface area (Å²) in [5.74, 6) is 1.09. The predicted molar refractivity (Wildman–Crippen MR) is 212 cm³/mol. The molecule has 0 aliphatic heterocycles. The van der Waals surface area contributed by atoms with Gasteiger partial charge in [-0.15, -0.1) is 29.1 Å². The number of benzene rings is 4. The van der Waals surface area contributed by atoms with E-state index >= 15 is 0 Å². The van der Waals surface area contributed by atoms with Gasteiger partial charge in [0, 0.05) is 59.9 Å². The molecule has 0 saturated carbocycles. The third-order valence-electron chi connectivity index (χ3n) is 9.96. The number of pyridine rings is 1. The molecule has 0 atom stereocenters. The summed E-state index contributed by atoms with van der Waals surface area (Å²) < 4.78 is 6.69. The Morgan fingerprint density at radius 3 is 2.06 bits per heavy atom. The first-order valence-electron chi connectivity index (χ1n) is 18.5. The largest absolute Gasteiger partial charge is 0.512 e. The van der Waals surface area contributed by atoms with E-state index in [1.165, 1.54) is 22.6 Å². The van der Waals surface area contributed by atoms with Crippen LogP contribution in [0, 0.1) is 23.8 Å². The Bertz CT molecular complexity index is 2140. The number of carbonyl (C=O) groups excluding carboxylic acids is 1. The minimum Gasteiger partial charge on any atom is -0.512 e. The van der Waals surface area contributed by atoms with Crippen molar-refractivity contribution < 1.29 is 34.4 Å². The summed E-state index contributed by atoms with van der Waals surface area (Å²) in [6, 6.07) is 29.4. The van der Waals surface area contributed by atoms with Crippen molar-refractivity contribution in [3.05, 3.63) is 102 Å². The van der Waals surface area contributed by atoms with E-state index in [4.69, 9.17) is 9.40 Å². The number of furan rings is 1. The molecule has 6 aromatic rings. The Hall–Kier alpha value is -3.79. The number of aromatic nitrogens is 1. The average Bonchev–Trinajstić information content (AvgIpc) is 3.49. The zero-order chi connectivity index (χ0) is 36.2. The van der Waals surface area contributed by atoms with Crippen molar-refractivity contribution in [2.24, 2.45) is 17.8 Å². The zero-order valence-electron chi connectivity index (χ0n) is 31.8. The molecule has 2 heterocycles. The number of rotatable bonds is 10. The van der Waals surface area contributed by atoms with Gasteiger partial charge in [0.15, 0.2) is 5.78 Å². The molecule has 5 heteroatoms. The van der Waals surface area contributed by atoms with Crippen LogP contribution < -0.4 is 0 Å². The summed E-state index contributed by atoms with van der Waals surface area (Å²) in [5.41, 5.74) is 7.33. The molecule has 0 aliphatic carbocycles. The Labute approximate surface area is 318 Å². The second-order valence-electron chi connectivity index (χ2n) is 15.1. The minimum atomic E-state index is -0.0116. The summed E-state index contributed by atoms with van der Waals surface area (Å²) in [5, 5.41) is 15.4. The molecule has 4 nitrogen and oxygen atoms in total. The van der Waals surface area contributed by atoms with E-state index in [2.05, 4.69) is 107 Å². The molecule has 0 fully saturated rings. The number of allylic oxidation sites excluding steroid dienone is 2. The zero-order valence-corrected chi connectivity index (χ0v) is 34.2. The average molecular weight is 861 g/mol. The van der Waals surface area contributed by atoms with Crippen LogP contribution in [0.1, 0.15) is 99.1 Å². The van der Waals surface area contributed by atoms with Crippen LogP contribution in [0.5, 0.6) is 0 Å². The number of aliphatic hydroxyl groups is 1. The van der Waals surface area contributed by atoms with Crippen molar-refractivity contribution in [1.29, 1.82) is 0 Å². The van der Waals surface area contributed by atoms with Crippen LogP contribution in [0.25, 0.3) is 54.9 Å². The van der Waals surface area contributed by atoms with Gasteiger partial charge in [0.25, 0.3) is 0 Å². The van der Waals surface area contributed by atoms with Gasteiger partial charge in [-0.3, -0.25) is 9.78 Å². The Morgan fingerprint density at radius 1 is 0.824 bits per heavy atom. The maximum absolute atomic E-state index is 11.7. The van der Waals surface area contributed by atoms with Gasteiger partial charge in [-0.05, 0) is 61.1 Å². The number of carbonyl (C=O) groups is 1. The molecule has 271 valence electrons. The molecule has 0 saturated heterocycles. The number of hydrogen-bond donors (Lipinski definition) is 1. The fraction of sp³-hybridized carbons (Fsp3) is 0.391. The molecule has 0 unspecified atom stereocenters. The fourth-order valence-electron chi connectivity index (χ4n) is 7.10. The predicted octanol–water partition coefficient (Wildman–Crippen LogP) is 13.1. The number of hydrogen-bond acceptors (Lipinski definition) is 4.